The van der Waals surface area contributed by atoms with Crippen LogP contribution in [0.2, 0.25) is 5.02 Å². The highest BCUT2D eigenvalue weighted by Gasteiger charge is 2.27. The number of carbonyl (C=O) groups is 2. The van der Waals surface area contributed by atoms with Crippen LogP contribution in [0.1, 0.15) is 55.6 Å². The van der Waals surface area contributed by atoms with E-state index in [0.717, 1.165) is 25.9 Å². The van der Waals surface area contributed by atoms with Crippen molar-refractivity contribution < 1.29 is 14.7 Å². The van der Waals surface area contributed by atoms with Gasteiger partial charge in [0.15, 0.2) is 0 Å². The number of anilines is 2. The van der Waals surface area contributed by atoms with Crippen LogP contribution in [0, 0.1) is 5.92 Å². The number of nitrogens with zero attached hydrogens (tertiary/aromatic N) is 2. The summed E-state index contributed by atoms with van der Waals surface area (Å²) in [6.07, 6.45) is 2.26. The summed E-state index contributed by atoms with van der Waals surface area (Å²) in [6.45, 7) is 7.70. The van der Waals surface area contributed by atoms with Crippen LogP contribution in [0.3, 0.4) is 0 Å². The van der Waals surface area contributed by atoms with Crippen LogP contribution in [0.25, 0.3) is 0 Å². The molecule has 1 aromatic carbocycles. The van der Waals surface area contributed by atoms with E-state index < -0.39 is 12.0 Å². The third kappa shape index (κ3) is 6.03. The first kappa shape index (κ1) is 23.2. The van der Waals surface area contributed by atoms with Crippen molar-refractivity contribution in [3.05, 3.63) is 52.7 Å². The minimum Gasteiger partial charge on any atom is -0.389 e. The Labute approximate surface area is 187 Å². The molecule has 1 unspecified atom stereocenters. The third-order valence-corrected chi connectivity index (χ3v) is 5.85. The zero-order valence-electron chi connectivity index (χ0n) is 18.1. The van der Waals surface area contributed by atoms with Crippen LogP contribution in [0.5, 0.6) is 0 Å². The average Bonchev–Trinajstić information content (AvgIpc) is 2.75. The van der Waals surface area contributed by atoms with Crippen molar-refractivity contribution in [2.45, 2.75) is 45.8 Å². The number of aromatic nitrogens is 1. The maximum atomic E-state index is 12.9. The number of benzene rings is 1. The molecule has 8 heteroatoms. The summed E-state index contributed by atoms with van der Waals surface area (Å²) < 4.78 is 0. The van der Waals surface area contributed by atoms with Crippen molar-refractivity contribution in [1.29, 1.82) is 0 Å². The maximum Gasteiger partial charge on any atom is 0.258 e. The highest BCUT2D eigenvalue weighted by Crippen LogP contribution is 2.26. The topological polar surface area (TPSA) is 94.6 Å². The molecule has 2 heterocycles. The molecule has 1 saturated heterocycles. The standard InChI is InChI=1S/C23H29ClN4O3/c1-14(2)28-10-8-16(9-11-28)22(30)26-20-6-4-17(15(3)29)12-19(20)23(31)27-21-7-5-18(24)13-25-21/h4-7,12-16,29H,8-11H2,1-3H3,(H,26,30)(H,25,27,31). The minimum absolute atomic E-state index is 0.0909. The Hall–Kier alpha value is -2.48. The fourth-order valence-electron chi connectivity index (χ4n) is 3.66. The molecule has 3 N–H and O–H groups in total. The summed E-state index contributed by atoms with van der Waals surface area (Å²) in [5.74, 6) is -0.274. The number of aliphatic hydroxyl groups is 1. The van der Waals surface area contributed by atoms with E-state index in [1.165, 1.54) is 6.20 Å². The normalized spacial score (nSPS) is 16.2. The Morgan fingerprint density at radius 3 is 2.42 bits per heavy atom. The van der Waals surface area contributed by atoms with E-state index in [9.17, 15) is 14.7 Å². The van der Waals surface area contributed by atoms with Crippen molar-refractivity contribution in [2.75, 3.05) is 23.7 Å². The smallest absolute Gasteiger partial charge is 0.258 e. The molecule has 0 aliphatic carbocycles. The number of pyridine rings is 1. The molecule has 7 nitrogen and oxygen atoms in total. The highest BCUT2D eigenvalue weighted by molar-refractivity contribution is 6.30. The van der Waals surface area contributed by atoms with Gasteiger partial charge in [0.05, 0.1) is 22.4 Å². The molecule has 1 aliphatic heterocycles. The molecule has 0 saturated carbocycles. The van der Waals surface area contributed by atoms with Gasteiger partial charge in [-0.3, -0.25) is 9.59 Å². The van der Waals surface area contributed by atoms with E-state index in [2.05, 4.69) is 34.4 Å². The van der Waals surface area contributed by atoms with Gasteiger partial charge in [-0.1, -0.05) is 17.7 Å². The van der Waals surface area contributed by atoms with E-state index in [1.807, 2.05) is 0 Å². The van der Waals surface area contributed by atoms with Gasteiger partial charge in [-0.25, -0.2) is 4.98 Å². The minimum atomic E-state index is -0.745. The van der Waals surface area contributed by atoms with Gasteiger partial charge >= 0.3 is 0 Å². The third-order valence-electron chi connectivity index (χ3n) is 5.63. The monoisotopic (exact) mass is 444 g/mol. The van der Waals surface area contributed by atoms with E-state index in [-0.39, 0.29) is 17.4 Å². The molecule has 3 rings (SSSR count). The van der Waals surface area contributed by atoms with Crippen LogP contribution in [0.15, 0.2) is 36.5 Å². The number of amides is 2. The van der Waals surface area contributed by atoms with Crippen molar-refractivity contribution in [1.82, 2.24) is 9.88 Å². The quantitative estimate of drug-likeness (QED) is 0.623. The number of carbonyl (C=O) groups excluding carboxylic acids is 2. The Kier molecular flexibility index (Phi) is 7.64. The van der Waals surface area contributed by atoms with Crippen LogP contribution in [-0.2, 0) is 4.79 Å². The van der Waals surface area contributed by atoms with Crippen molar-refractivity contribution in [3.8, 4) is 0 Å². The average molecular weight is 445 g/mol. The predicted molar refractivity (Wildman–Crippen MR) is 122 cm³/mol. The fourth-order valence-corrected chi connectivity index (χ4v) is 3.78. The number of rotatable bonds is 6. The Morgan fingerprint density at radius 2 is 1.84 bits per heavy atom. The molecule has 166 valence electrons. The molecule has 1 aliphatic rings. The first-order chi connectivity index (χ1) is 14.7. The molecule has 2 amide bonds. The lowest BCUT2D eigenvalue weighted by Crippen LogP contribution is -2.41. The predicted octanol–water partition coefficient (Wildman–Crippen LogP) is 4.10. The van der Waals surface area contributed by atoms with Crippen LogP contribution < -0.4 is 10.6 Å². The number of aliphatic hydroxyl groups excluding tert-OH is 1. The second-order valence-corrected chi connectivity index (χ2v) is 8.63. The largest absolute Gasteiger partial charge is 0.389 e. The molecule has 1 aromatic heterocycles. The second-order valence-electron chi connectivity index (χ2n) is 8.19. The summed E-state index contributed by atoms with van der Waals surface area (Å²) in [6, 6.07) is 8.65. The van der Waals surface area contributed by atoms with Crippen LogP contribution in [0.4, 0.5) is 11.5 Å². The molecular weight excluding hydrogens is 416 g/mol. The number of hydrogen-bond acceptors (Lipinski definition) is 5. The highest BCUT2D eigenvalue weighted by atomic mass is 35.5. The van der Waals surface area contributed by atoms with Crippen molar-refractivity contribution in [2.24, 2.45) is 5.92 Å². The summed E-state index contributed by atoms with van der Waals surface area (Å²) in [4.78, 5) is 32.3. The number of halogens is 1. The molecule has 2 aromatic rings. The van der Waals surface area contributed by atoms with Crippen molar-refractivity contribution in [3.63, 3.8) is 0 Å². The van der Waals surface area contributed by atoms with Crippen LogP contribution in [-0.4, -0.2) is 45.9 Å². The first-order valence-corrected chi connectivity index (χ1v) is 10.9. The fraction of sp³-hybridized carbons (Fsp3) is 0.435. The van der Waals surface area contributed by atoms with Gasteiger partial charge in [0.1, 0.15) is 5.82 Å². The number of nitrogens with one attached hydrogen (secondary N) is 2. The molecule has 31 heavy (non-hydrogen) atoms. The number of hydrogen-bond donors (Lipinski definition) is 3. The molecule has 0 spiro atoms. The van der Waals surface area contributed by atoms with Gasteiger partial charge in [-0.05, 0) is 76.5 Å². The van der Waals surface area contributed by atoms with E-state index in [1.54, 1.807) is 37.3 Å². The first-order valence-electron chi connectivity index (χ1n) is 10.5. The maximum absolute atomic E-state index is 12.9. The molecule has 0 radical (unpaired) electrons. The van der Waals surface area contributed by atoms with Gasteiger partial charge in [0.25, 0.3) is 5.91 Å². The van der Waals surface area contributed by atoms with E-state index in [0.29, 0.717) is 28.1 Å². The lowest BCUT2D eigenvalue weighted by molar-refractivity contribution is -0.121. The molecule has 0 bridgehead atoms. The van der Waals surface area contributed by atoms with Gasteiger partial charge < -0.3 is 20.6 Å². The summed E-state index contributed by atoms with van der Waals surface area (Å²) in [7, 11) is 0. The van der Waals surface area contributed by atoms with Crippen LogP contribution >= 0.6 is 11.6 Å². The SMILES string of the molecule is CC(O)c1ccc(NC(=O)C2CCN(C(C)C)CC2)c(C(=O)Nc2ccc(Cl)cn2)c1. The van der Waals surface area contributed by atoms with Gasteiger partial charge in [-0.15, -0.1) is 0 Å². The Bertz CT molecular complexity index is 923. The number of piperidine rings is 1. The summed E-state index contributed by atoms with van der Waals surface area (Å²) in [5.41, 5.74) is 1.26. The van der Waals surface area contributed by atoms with Crippen molar-refractivity contribution >= 4 is 34.9 Å². The van der Waals surface area contributed by atoms with E-state index >= 15 is 0 Å². The van der Waals surface area contributed by atoms with E-state index in [4.69, 9.17) is 11.6 Å². The second kappa shape index (κ2) is 10.2. The lowest BCUT2D eigenvalue weighted by Gasteiger charge is -2.34. The number of likely N-dealkylation sites (tertiary alicyclic amines) is 1. The lowest BCUT2D eigenvalue weighted by atomic mass is 9.94. The molecule has 1 fully saturated rings. The van der Waals surface area contributed by atoms with Gasteiger partial charge in [0, 0.05) is 18.2 Å². The Balaban J connectivity index is 1.77. The van der Waals surface area contributed by atoms with Gasteiger partial charge in [0.2, 0.25) is 5.91 Å². The van der Waals surface area contributed by atoms with Gasteiger partial charge in [-0.2, -0.15) is 0 Å². The zero-order valence-corrected chi connectivity index (χ0v) is 18.8. The molecule has 1 atom stereocenters. The summed E-state index contributed by atoms with van der Waals surface area (Å²) >= 11 is 5.85. The Morgan fingerprint density at radius 1 is 1.13 bits per heavy atom. The summed E-state index contributed by atoms with van der Waals surface area (Å²) in [5, 5.41) is 16.0. The molecular formula is C23H29ClN4O3. The zero-order chi connectivity index (χ0) is 22.5.